The van der Waals surface area contributed by atoms with Gasteiger partial charge in [-0.05, 0) is 0 Å². The van der Waals surface area contributed by atoms with Crippen LogP contribution in [0.3, 0.4) is 0 Å². The number of hydrogen-bond acceptors (Lipinski definition) is 6. The zero-order valence-corrected chi connectivity index (χ0v) is 7.87. The second-order valence-corrected chi connectivity index (χ2v) is 2.65. The van der Waals surface area contributed by atoms with E-state index in [2.05, 4.69) is 15.5 Å². The molecule has 0 atom stereocenters. The molecule has 0 aliphatic rings. The normalized spacial score (nSPS) is 9.92. The van der Waals surface area contributed by atoms with Crippen LogP contribution in [0.4, 0.5) is 0 Å². The minimum atomic E-state index is -4.70. The van der Waals surface area contributed by atoms with Gasteiger partial charge in [0.1, 0.15) is 6.61 Å². The number of hydrogen-bond donors (Lipinski definition) is 0. The molecule has 70 valence electrons. The van der Waals surface area contributed by atoms with Gasteiger partial charge in [0.05, 0.1) is 6.61 Å². The fourth-order valence-corrected chi connectivity index (χ4v) is 0.609. The van der Waals surface area contributed by atoms with Gasteiger partial charge < -0.3 is 9.29 Å². The smallest absolute Gasteiger partial charge is 0.726 e. The molecule has 0 aromatic heterocycles. The van der Waals surface area contributed by atoms with Crippen molar-refractivity contribution in [1.82, 2.24) is 0 Å². The van der Waals surface area contributed by atoms with E-state index in [9.17, 15) is 17.8 Å². The largest absolute Gasteiger partial charge is 1.00 e. The van der Waals surface area contributed by atoms with Gasteiger partial charge in [-0.15, -0.1) is 0 Å². The van der Waals surface area contributed by atoms with E-state index >= 15 is 0 Å². The molecule has 0 rings (SSSR count). The summed E-state index contributed by atoms with van der Waals surface area (Å²) in [4.78, 5) is 10.3. The van der Waals surface area contributed by atoms with Crippen molar-refractivity contribution in [1.29, 1.82) is 0 Å². The molecule has 0 amide bonds. The summed E-state index contributed by atoms with van der Waals surface area (Å²) in [6.45, 7) is 2.31. The van der Waals surface area contributed by atoms with Crippen LogP contribution in [-0.2, 0) is 24.1 Å². The molecule has 0 unspecified atom stereocenters. The van der Waals surface area contributed by atoms with Crippen LogP contribution in [0.5, 0.6) is 0 Å². The van der Waals surface area contributed by atoms with Crippen LogP contribution in [0.15, 0.2) is 12.7 Å². The first-order chi connectivity index (χ1) is 5.45. The van der Waals surface area contributed by atoms with Gasteiger partial charge in [-0.1, -0.05) is 6.58 Å². The Morgan fingerprint density at radius 2 is 2.00 bits per heavy atom. The van der Waals surface area contributed by atoms with E-state index < -0.39 is 23.0 Å². The first-order valence-corrected chi connectivity index (χ1v) is 4.18. The first-order valence-electron chi connectivity index (χ1n) is 2.85. The Labute approximate surface area is 88.0 Å². The van der Waals surface area contributed by atoms with Crippen LogP contribution in [0, 0.1) is 0 Å². The van der Waals surface area contributed by atoms with Crippen LogP contribution >= 0.6 is 0 Å². The standard InChI is InChI=1S/C5H8O6S.Li/c1-2-5(6)10-3-4-11-12(7,8)9;/h2H,1,3-4H2,(H,7,8,9);/q;+1/p-1. The Morgan fingerprint density at radius 3 is 2.38 bits per heavy atom. The zero-order chi connectivity index (χ0) is 9.61. The van der Waals surface area contributed by atoms with E-state index in [1.807, 2.05) is 0 Å². The quantitative estimate of drug-likeness (QED) is 0.113. The second kappa shape index (κ2) is 7.12. The fraction of sp³-hybridized carbons (Fsp3) is 0.400. The summed E-state index contributed by atoms with van der Waals surface area (Å²) in [6, 6.07) is 0. The van der Waals surface area contributed by atoms with Gasteiger partial charge in [0.25, 0.3) is 0 Å². The molecule has 0 radical (unpaired) electrons. The second-order valence-electron chi connectivity index (χ2n) is 1.60. The topological polar surface area (TPSA) is 92.7 Å². The summed E-state index contributed by atoms with van der Waals surface area (Å²) in [7, 11) is -4.70. The van der Waals surface area contributed by atoms with E-state index in [0.717, 1.165) is 6.08 Å². The molecule has 0 N–H and O–H groups in total. The summed E-state index contributed by atoms with van der Waals surface area (Å²) in [5, 5.41) is 0. The van der Waals surface area contributed by atoms with E-state index in [-0.39, 0.29) is 25.5 Å². The Morgan fingerprint density at radius 1 is 1.46 bits per heavy atom. The SMILES string of the molecule is C=CC(=O)OCCOS(=O)(=O)[O-].[Li+]. The molecule has 0 heterocycles. The van der Waals surface area contributed by atoms with Crippen molar-refractivity contribution in [3.63, 3.8) is 0 Å². The summed E-state index contributed by atoms with van der Waals surface area (Å²) in [6.07, 6.45) is 0.908. The van der Waals surface area contributed by atoms with Crippen LogP contribution in [-0.4, -0.2) is 32.2 Å². The Kier molecular flexibility index (Phi) is 8.30. The van der Waals surface area contributed by atoms with Crippen molar-refractivity contribution >= 4 is 16.4 Å². The van der Waals surface area contributed by atoms with Gasteiger partial charge in [-0.25, -0.2) is 13.2 Å². The molecule has 13 heavy (non-hydrogen) atoms. The van der Waals surface area contributed by atoms with Crippen molar-refractivity contribution in [2.24, 2.45) is 0 Å². The van der Waals surface area contributed by atoms with Gasteiger partial charge in [0.15, 0.2) is 0 Å². The Balaban J connectivity index is 0. The Bertz CT molecular complexity index is 258. The van der Waals surface area contributed by atoms with Crippen LogP contribution in [0.25, 0.3) is 0 Å². The van der Waals surface area contributed by atoms with Crippen molar-refractivity contribution < 1.29 is 45.5 Å². The monoisotopic (exact) mass is 202 g/mol. The molecule has 0 saturated carbocycles. The van der Waals surface area contributed by atoms with Gasteiger partial charge in [-0.3, -0.25) is 4.18 Å². The zero-order valence-electron chi connectivity index (χ0n) is 7.06. The molecule has 6 nitrogen and oxygen atoms in total. The number of carbonyl (C=O) groups is 1. The molecule has 0 saturated heterocycles. The fourth-order valence-electron chi connectivity index (χ4n) is 0.337. The van der Waals surface area contributed by atoms with E-state index in [0.29, 0.717) is 0 Å². The van der Waals surface area contributed by atoms with Crippen LogP contribution < -0.4 is 18.9 Å². The van der Waals surface area contributed by atoms with E-state index in [1.165, 1.54) is 0 Å². The molecule has 8 heteroatoms. The molecule has 0 spiro atoms. The third kappa shape index (κ3) is 11.7. The summed E-state index contributed by atoms with van der Waals surface area (Å²) >= 11 is 0. The maximum atomic E-state index is 10.3. The van der Waals surface area contributed by atoms with Gasteiger partial charge in [-0.2, -0.15) is 0 Å². The van der Waals surface area contributed by atoms with Gasteiger partial charge in [0, 0.05) is 6.08 Å². The predicted octanol–water partition coefficient (Wildman–Crippen LogP) is -3.80. The summed E-state index contributed by atoms with van der Waals surface area (Å²) < 4.78 is 37.5. The number of ether oxygens (including phenoxy) is 1. The number of rotatable bonds is 5. The number of carbonyl (C=O) groups excluding carboxylic acids is 1. The molecule has 0 aliphatic heterocycles. The van der Waals surface area contributed by atoms with Crippen molar-refractivity contribution in [2.45, 2.75) is 0 Å². The molecule has 0 aromatic rings. The third-order valence-corrected chi connectivity index (χ3v) is 1.18. The molecular formula is C5H7LiO6S. The minimum Gasteiger partial charge on any atom is -0.726 e. The maximum absolute atomic E-state index is 10.3. The maximum Gasteiger partial charge on any atom is 1.00 e. The minimum absolute atomic E-state index is 0. The molecule has 0 fully saturated rings. The molecule has 0 aromatic carbocycles. The molecular weight excluding hydrogens is 195 g/mol. The molecule has 0 aliphatic carbocycles. The van der Waals surface area contributed by atoms with Crippen molar-refractivity contribution in [3.8, 4) is 0 Å². The van der Waals surface area contributed by atoms with E-state index in [4.69, 9.17) is 0 Å². The average molecular weight is 202 g/mol. The number of esters is 1. The summed E-state index contributed by atoms with van der Waals surface area (Å²) in [5.41, 5.74) is 0. The summed E-state index contributed by atoms with van der Waals surface area (Å²) in [5.74, 6) is -0.707. The predicted molar refractivity (Wildman–Crippen MR) is 36.8 cm³/mol. The van der Waals surface area contributed by atoms with Crippen LogP contribution in [0.2, 0.25) is 0 Å². The van der Waals surface area contributed by atoms with Crippen LogP contribution in [0.1, 0.15) is 0 Å². The van der Waals surface area contributed by atoms with Crippen molar-refractivity contribution in [2.75, 3.05) is 13.2 Å². The van der Waals surface area contributed by atoms with Crippen molar-refractivity contribution in [3.05, 3.63) is 12.7 Å². The Hall–Kier alpha value is -0.323. The average Bonchev–Trinajstić information content (AvgIpc) is 1.96. The van der Waals surface area contributed by atoms with Gasteiger partial charge >= 0.3 is 24.8 Å². The van der Waals surface area contributed by atoms with Gasteiger partial charge in [0.2, 0.25) is 10.4 Å². The molecule has 0 bridgehead atoms. The third-order valence-electron chi connectivity index (χ3n) is 0.722. The van der Waals surface area contributed by atoms with E-state index in [1.54, 1.807) is 0 Å². The first kappa shape index (κ1) is 15.2.